The van der Waals surface area contributed by atoms with Crippen molar-refractivity contribution in [1.82, 2.24) is 19.8 Å². The molecule has 4 atom stereocenters. The van der Waals surface area contributed by atoms with E-state index in [-0.39, 0.29) is 41.5 Å². The van der Waals surface area contributed by atoms with Crippen molar-refractivity contribution in [2.24, 2.45) is 0 Å². The summed E-state index contributed by atoms with van der Waals surface area (Å²) in [7, 11) is 2.10. The molecular weight excluding hydrogens is 548 g/mol. The molecule has 4 aliphatic rings. The molecule has 1 amide bonds. The van der Waals surface area contributed by atoms with E-state index >= 15 is 0 Å². The first-order valence-electron chi connectivity index (χ1n) is 14.9. The first-order chi connectivity index (χ1) is 20.3. The van der Waals surface area contributed by atoms with Gasteiger partial charge in [-0.2, -0.15) is 15.2 Å². The van der Waals surface area contributed by atoms with Gasteiger partial charge in [0.1, 0.15) is 18.1 Å². The van der Waals surface area contributed by atoms with Crippen molar-refractivity contribution in [3.8, 4) is 12.1 Å². The molecule has 0 N–H and O–H groups in total. The van der Waals surface area contributed by atoms with Gasteiger partial charge in [-0.15, -0.1) is 11.8 Å². The SMILES string of the molecule is C=CC(=O)N1CCN(c2nc(OCC3CCCN3C)nc3c2CC[C@@]2(Cc4ccccc4C(C)S2)C3=O)CC1CC#N. The summed E-state index contributed by atoms with van der Waals surface area (Å²) in [6.45, 7) is 8.75. The average Bonchev–Trinajstić information content (AvgIpc) is 3.42. The second-order valence-electron chi connectivity index (χ2n) is 11.9. The van der Waals surface area contributed by atoms with E-state index in [0.717, 1.165) is 24.9 Å². The number of likely N-dealkylation sites (N-methyl/N-ethyl adjacent to an activating group) is 1. The zero-order valence-electron chi connectivity index (χ0n) is 24.4. The monoisotopic (exact) mass is 586 g/mol. The molecule has 1 spiro atoms. The Kier molecular flexibility index (Phi) is 7.99. The number of Topliss-reactive ketones (excluding diaryl/α,β-unsaturated/α-hetero) is 1. The Bertz CT molecular complexity index is 1440. The molecule has 1 aromatic heterocycles. The van der Waals surface area contributed by atoms with Gasteiger partial charge in [-0.25, -0.2) is 0 Å². The molecule has 9 nitrogen and oxygen atoms in total. The fourth-order valence-electron chi connectivity index (χ4n) is 7.07. The number of benzene rings is 1. The zero-order chi connectivity index (χ0) is 29.4. The Hall–Kier alpha value is -3.42. The molecule has 3 aliphatic heterocycles. The number of ether oxygens (including phenoxy) is 1. The summed E-state index contributed by atoms with van der Waals surface area (Å²) in [5.41, 5.74) is 3.84. The first kappa shape index (κ1) is 28.7. The van der Waals surface area contributed by atoms with Crippen molar-refractivity contribution in [2.45, 2.75) is 67.5 Å². The van der Waals surface area contributed by atoms with Gasteiger partial charge in [0.15, 0.2) is 5.78 Å². The van der Waals surface area contributed by atoms with Crippen molar-refractivity contribution in [1.29, 1.82) is 5.26 Å². The molecule has 2 aromatic rings. The van der Waals surface area contributed by atoms with E-state index in [1.165, 1.54) is 17.2 Å². The van der Waals surface area contributed by atoms with Gasteiger partial charge in [0, 0.05) is 36.5 Å². The van der Waals surface area contributed by atoms with Crippen LogP contribution in [0.4, 0.5) is 5.82 Å². The van der Waals surface area contributed by atoms with E-state index in [2.05, 4.69) is 60.7 Å². The summed E-state index contributed by atoms with van der Waals surface area (Å²) < 4.78 is 5.66. The molecule has 1 aromatic carbocycles. The van der Waals surface area contributed by atoms with E-state index in [0.29, 0.717) is 57.0 Å². The van der Waals surface area contributed by atoms with Crippen LogP contribution >= 0.6 is 11.8 Å². The van der Waals surface area contributed by atoms with Crippen molar-refractivity contribution < 1.29 is 14.3 Å². The number of thioether (sulfide) groups is 1. The predicted octanol–water partition coefficient (Wildman–Crippen LogP) is 3.98. The number of hydrogen-bond donors (Lipinski definition) is 0. The number of carbonyl (C=O) groups is 2. The van der Waals surface area contributed by atoms with E-state index in [1.54, 1.807) is 16.7 Å². The molecule has 4 heterocycles. The largest absolute Gasteiger partial charge is 0.462 e. The molecule has 2 fully saturated rings. The van der Waals surface area contributed by atoms with Crippen LogP contribution in [0.2, 0.25) is 0 Å². The van der Waals surface area contributed by atoms with Gasteiger partial charge >= 0.3 is 6.01 Å². The quantitative estimate of drug-likeness (QED) is 0.465. The molecule has 2 saturated heterocycles. The number of hydrogen-bond acceptors (Lipinski definition) is 9. The molecule has 0 radical (unpaired) electrons. The van der Waals surface area contributed by atoms with Gasteiger partial charge in [-0.3, -0.25) is 9.59 Å². The Labute approximate surface area is 251 Å². The average molecular weight is 587 g/mol. The van der Waals surface area contributed by atoms with Crippen LogP contribution in [0.15, 0.2) is 36.9 Å². The lowest BCUT2D eigenvalue weighted by Crippen LogP contribution is -2.55. The fourth-order valence-corrected chi connectivity index (χ4v) is 8.77. The lowest BCUT2D eigenvalue weighted by molar-refractivity contribution is -0.128. The van der Waals surface area contributed by atoms with Crippen molar-refractivity contribution in [2.75, 3.05) is 44.7 Å². The number of piperazine rings is 1. The van der Waals surface area contributed by atoms with E-state index in [1.807, 2.05) is 0 Å². The van der Waals surface area contributed by atoms with Crippen LogP contribution < -0.4 is 9.64 Å². The number of aromatic nitrogens is 2. The van der Waals surface area contributed by atoms with E-state index < -0.39 is 4.75 Å². The van der Waals surface area contributed by atoms with Gasteiger partial charge < -0.3 is 19.4 Å². The summed E-state index contributed by atoms with van der Waals surface area (Å²) in [6, 6.07) is 10.9. The molecule has 3 unspecified atom stereocenters. The molecule has 1 aliphatic carbocycles. The minimum Gasteiger partial charge on any atom is -0.462 e. The number of amides is 1. The molecule has 10 heteroatoms. The number of likely N-dealkylation sites (tertiary alicyclic amines) is 1. The van der Waals surface area contributed by atoms with E-state index in [4.69, 9.17) is 14.7 Å². The molecule has 220 valence electrons. The summed E-state index contributed by atoms with van der Waals surface area (Å²) in [6.07, 6.45) is 5.77. The third kappa shape index (κ3) is 5.18. The third-order valence-corrected chi connectivity index (χ3v) is 11.0. The first-order valence-corrected chi connectivity index (χ1v) is 15.8. The number of nitrogens with zero attached hydrogens (tertiary/aromatic N) is 6. The highest BCUT2D eigenvalue weighted by Crippen LogP contribution is 2.53. The molecule has 6 rings (SSSR count). The maximum Gasteiger partial charge on any atom is 0.319 e. The topological polar surface area (TPSA) is 103 Å². The Morgan fingerprint density at radius 3 is 2.86 bits per heavy atom. The lowest BCUT2D eigenvalue weighted by Gasteiger charge is -2.44. The molecule has 0 saturated carbocycles. The maximum absolute atomic E-state index is 14.5. The van der Waals surface area contributed by atoms with Crippen LogP contribution in [0.5, 0.6) is 6.01 Å². The summed E-state index contributed by atoms with van der Waals surface area (Å²) in [5, 5.41) is 9.72. The predicted molar refractivity (Wildman–Crippen MR) is 163 cm³/mol. The van der Waals surface area contributed by atoms with Crippen molar-refractivity contribution in [3.05, 3.63) is 59.3 Å². The highest BCUT2D eigenvalue weighted by atomic mass is 32.2. The van der Waals surface area contributed by atoms with Gasteiger partial charge in [-0.05, 0) is 69.8 Å². The molecule has 0 bridgehead atoms. The van der Waals surface area contributed by atoms with Gasteiger partial charge in [-0.1, -0.05) is 30.8 Å². The van der Waals surface area contributed by atoms with Crippen molar-refractivity contribution >= 4 is 29.3 Å². The minimum atomic E-state index is -0.576. The Morgan fingerprint density at radius 1 is 1.26 bits per heavy atom. The number of fused-ring (bicyclic) bond motifs is 2. The normalized spacial score (nSPS) is 27.4. The highest BCUT2D eigenvalue weighted by molar-refractivity contribution is 8.01. The maximum atomic E-state index is 14.5. The van der Waals surface area contributed by atoms with Gasteiger partial charge in [0.05, 0.1) is 23.3 Å². The number of nitriles is 1. The zero-order valence-corrected chi connectivity index (χ0v) is 25.2. The third-order valence-electron chi connectivity index (χ3n) is 9.39. The Morgan fingerprint density at radius 2 is 2.10 bits per heavy atom. The highest BCUT2D eigenvalue weighted by Gasteiger charge is 2.49. The molecule has 42 heavy (non-hydrogen) atoms. The second kappa shape index (κ2) is 11.7. The standard InChI is InChI=1S/C32H38N6O3S/c1-4-27(39)38-17-16-37(19-23(38)12-14-33)30-26-11-13-32(18-22-8-5-6-10-25(22)21(2)42-32)29(40)28(26)34-31(35-30)41-20-24-9-7-15-36(24)3/h4-6,8,10,21,23-24H,1,7,9,11-13,15-20H2,2-3H3/t21?,23?,24?,32-/m1/s1. The Balaban J connectivity index is 1.36. The number of rotatable bonds is 6. The van der Waals surface area contributed by atoms with Gasteiger partial charge in [0.2, 0.25) is 5.91 Å². The lowest BCUT2D eigenvalue weighted by atomic mass is 9.79. The van der Waals surface area contributed by atoms with Crippen molar-refractivity contribution in [3.63, 3.8) is 0 Å². The number of carbonyl (C=O) groups excluding carboxylic acids is 2. The van der Waals surface area contributed by atoms with Crippen LogP contribution in [-0.4, -0.2) is 88.1 Å². The van der Waals surface area contributed by atoms with Crippen LogP contribution in [0.1, 0.15) is 65.0 Å². The van der Waals surface area contributed by atoms with Crippen LogP contribution in [0, 0.1) is 11.3 Å². The van der Waals surface area contributed by atoms with Crippen LogP contribution in [0.3, 0.4) is 0 Å². The second-order valence-corrected chi connectivity index (χ2v) is 13.6. The van der Waals surface area contributed by atoms with Crippen LogP contribution in [0.25, 0.3) is 0 Å². The smallest absolute Gasteiger partial charge is 0.319 e. The summed E-state index contributed by atoms with van der Waals surface area (Å²) in [5.74, 6) is 0.571. The minimum absolute atomic E-state index is 0.0515. The fraction of sp³-hybridized carbons (Fsp3) is 0.531. The number of anilines is 1. The summed E-state index contributed by atoms with van der Waals surface area (Å²) >= 11 is 1.76. The van der Waals surface area contributed by atoms with Gasteiger partial charge in [0.25, 0.3) is 0 Å². The number of ketones is 1. The van der Waals surface area contributed by atoms with E-state index in [9.17, 15) is 14.9 Å². The molecular formula is C32H38N6O3S. The summed E-state index contributed by atoms with van der Waals surface area (Å²) in [4.78, 5) is 42.9. The van der Waals surface area contributed by atoms with Crippen LogP contribution in [-0.2, 0) is 17.6 Å².